The van der Waals surface area contributed by atoms with Gasteiger partial charge in [-0.05, 0) is 151 Å². The van der Waals surface area contributed by atoms with E-state index in [1.165, 1.54) is 12.7 Å². The lowest BCUT2D eigenvalue weighted by Crippen LogP contribution is -2.54. The number of pyridine rings is 1. The quantitative estimate of drug-likeness (QED) is 0.120. The Balaban J connectivity index is 0.999. The van der Waals surface area contributed by atoms with Gasteiger partial charge in [-0.1, -0.05) is 71.2 Å². The van der Waals surface area contributed by atoms with Crippen molar-refractivity contribution in [1.29, 1.82) is 0 Å². The van der Waals surface area contributed by atoms with Crippen molar-refractivity contribution in [3.05, 3.63) is 169 Å². The van der Waals surface area contributed by atoms with Gasteiger partial charge in [0.1, 0.15) is 23.6 Å². The highest BCUT2D eigenvalue weighted by atomic mass is 35.5. The largest absolute Gasteiger partial charge is 0.493 e. The molecule has 0 saturated carbocycles. The van der Waals surface area contributed by atoms with Gasteiger partial charge in [0.15, 0.2) is 0 Å². The van der Waals surface area contributed by atoms with Gasteiger partial charge in [0, 0.05) is 42.6 Å². The highest BCUT2D eigenvalue weighted by Gasteiger charge is 2.36. The Labute approximate surface area is 382 Å². The third-order valence-corrected chi connectivity index (χ3v) is 13.3. The standard InChI is InChI=1S/C50H48Cl3N5O5/c1-29-30(2)54-18-15-42(29)35-7-8-36(44(52)23-35)24-46(50(60)61-4)56-49(59)47-25-37-26-48-38(21-39(37)27-58(47)28-40-6-5-17-55-57-40)20-34(16-19-62-48)32-9-12-41(13-10-32)63-31(3)33-11-14-43(51)45(53)22-33/h5-15,17-18,21-23,26,31,34,46-47H,16,19-20,24-25,27-28H2,1-4H3,(H,56,59)/t31?,34?,46-,47-/m0/s1. The lowest BCUT2D eigenvalue weighted by atomic mass is 9.86. The zero-order chi connectivity index (χ0) is 44.2. The highest BCUT2D eigenvalue weighted by molar-refractivity contribution is 6.42. The molecule has 63 heavy (non-hydrogen) atoms. The van der Waals surface area contributed by atoms with Crippen LogP contribution < -0.4 is 14.8 Å². The third kappa shape index (κ3) is 10.2. The number of carbonyl (C=O) groups is 2. The normalized spacial score (nSPS) is 17.0. The van der Waals surface area contributed by atoms with Crippen molar-refractivity contribution in [3.63, 3.8) is 0 Å². The van der Waals surface area contributed by atoms with Crippen LogP contribution in [-0.4, -0.2) is 57.8 Å². The first-order valence-electron chi connectivity index (χ1n) is 21.0. The number of nitrogens with zero attached hydrogens (tertiary/aromatic N) is 4. The van der Waals surface area contributed by atoms with Crippen LogP contribution in [0.4, 0.5) is 0 Å². The van der Waals surface area contributed by atoms with Crippen molar-refractivity contribution in [2.75, 3.05) is 13.7 Å². The first-order valence-corrected chi connectivity index (χ1v) is 22.2. The monoisotopic (exact) mass is 903 g/mol. The third-order valence-electron chi connectivity index (χ3n) is 12.2. The molecule has 2 unspecified atom stereocenters. The molecule has 8 rings (SSSR count). The minimum absolute atomic E-state index is 0.148. The summed E-state index contributed by atoms with van der Waals surface area (Å²) in [5.41, 5.74) is 10.8. The first-order chi connectivity index (χ1) is 30.4. The first kappa shape index (κ1) is 44.1. The maximum atomic E-state index is 14.5. The van der Waals surface area contributed by atoms with E-state index >= 15 is 0 Å². The van der Waals surface area contributed by atoms with Crippen molar-refractivity contribution in [2.24, 2.45) is 0 Å². The number of ether oxygens (including phenoxy) is 3. The summed E-state index contributed by atoms with van der Waals surface area (Å²) in [6, 6.07) is 28.0. The summed E-state index contributed by atoms with van der Waals surface area (Å²) in [6.07, 6.45) is 5.38. The Morgan fingerprint density at radius 3 is 2.46 bits per heavy atom. The molecule has 2 aliphatic heterocycles. The SMILES string of the molecule is COC(=O)[C@H](Cc1ccc(-c2ccnc(C)c2C)cc1Cl)NC(=O)[C@@H]1Cc2cc3c(cc2CN1Cc1cccnn1)CC(c1ccc(OC(C)c2ccc(Cl)c(Cl)c2)cc1)CCO3. The van der Waals surface area contributed by atoms with Crippen LogP contribution in [0.5, 0.6) is 11.5 Å². The molecular formula is C50H48Cl3N5O5. The average molecular weight is 905 g/mol. The van der Waals surface area contributed by atoms with Gasteiger partial charge in [-0.3, -0.25) is 14.7 Å². The number of methoxy groups -OCH3 is 1. The number of aryl methyl sites for hydroxylation is 1. The Hall–Kier alpha value is -5.52. The fourth-order valence-electron chi connectivity index (χ4n) is 8.54. The minimum atomic E-state index is -0.977. The van der Waals surface area contributed by atoms with E-state index < -0.39 is 18.1 Å². The van der Waals surface area contributed by atoms with Crippen molar-refractivity contribution in [2.45, 2.75) is 83.6 Å². The van der Waals surface area contributed by atoms with Crippen molar-refractivity contribution in [1.82, 2.24) is 25.4 Å². The van der Waals surface area contributed by atoms with Gasteiger partial charge in [-0.15, -0.1) is 0 Å². The molecule has 0 fully saturated rings. The molecule has 10 nitrogen and oxygen atoms in total. The van der Waals surface area contributed by atoms with Crippen LogP contribution >= 0.6 is 34.8 Å². The molecule has 4 aromatic carbocycles. The Morgan fingerprint density at radius 1 is 0.889 bits per heavy atom. The van der Waals surface area contributed by atoms with Gasteiger partial charge >= 0.3 is 5.97 Å². The summed E-state index contributed by atoms with van der Waals surface area (Å²) in [6.45, 7) is 7.40. The summed E-state index contributed by atoms with van der Waals surface area (Å²) in [5.74, 6) is 0.962. The van der Waals surface area contributed by atoms with Crippen LogP contribution in [-0.2, 0) is 46.7 Å². The summed E-state index contributed by atoms with van der Waals surface area (Å²) in [5, 5.41) is 13.0. The zero-order valence-electron chi connectivity index (χ0n) is 35.5. The van der Waals surface area contributed by atoms with Crippen LogP contribution in [0.3, 0.4) is 0 Å². The van der Waals surface area contributed by atoms with E-state index in [1.54, 1.807) is 18.5 Å². The van der Waals surface area contributed by atoms with E-state index in [4.69, 9.17) is 49.0 Å². The number of fused-ring (bicyclic) bond motifs is 2. The molecular weight excluding hydrogens is 857 g/mol. The maximum absolute atomic E-state index is 14.5. The second kappa shape index (κ2) is 19.5. The van der Waals surface area contributed by atoms with E-state index in [9.17, 15) is 9.59 Å². The summed E-state index contributed by atoms with van der Waals surface area (Å²) in [7, 11) is 1.32. The number of aromatic nitrogens is 3. The maximum Gasteiger partial charge on any atom is 0.328 e. The van der Waals surface area contributed by atoms with E-state index in [-0.39, 0.29) is 24.3 Å². The number of rotatable bonds is 12. The van der Waals surface area contributed by atoms with Crippen LogP contribution in [0.1, 0.15) is 75.7 Å². The number of hydrogen-bond acceptors (Lipinski definition) is 9. The van der Waals surface area contributed by atoms with Gasteiger partial charge in [0.05, 0.1) is 35.5 Å². The molecule has 2 aliphatic rings. The second-order valence-electron chi connectivity index (χ2n) is 16.3. The van der Waals surface area contributed by atoms with Gasteiger partial charge < -0.3 is 19.5 Å². The molecule has 1 amide bonds. The van der Waals surface area contributed by atoms with Crippen molar-refractivity contribution in [3.8, 4) is 22.6 Å². The minimum Gasteiger partial charge on any atom is -0.493 e. The smallest absolute Gasteiger partial charge is 0.328 e. The Kier molecular flexibility index (Phi) is 13.6. The summed E-state index contributed by atoms with van der Waals surface area (Å²) in [4.78, 5) is 34.2. The Bertz CT molecular complexity index is 2630. The zero-order valence-corrected chi connectivity index (χ0v) is 37.8. The number of hydrogen-bond donors (Lipinski definition) is 1. The predicted molar refractivity (Wildman–Crippen MR) is 246 cm³/mol. The molecule has 0 spiro atoms. The lowest BCUT2D eigenvalue weighted by Gasteiger charge is -2.36. The molecule has 1 N–H and O–H groups in total. The van der Waals surface area contributed by atoms with E-state index in [0.717, 1.165) is 74.7 Å². The molecule has 0 radical (unpaired) electrons. The topological polar surface area (TPSA) is 116 Å². The number of carbonyl (C=O) groups excluding carboxylic acids is 2. The average Bonchev–Trinajstić information content (AvgIpc) is 3.49. The highest BCUT2D eigenvalue weighted by Crippen LogP contribution is 2.38. The van der Waals surface area contributed by atoms with Crippen molar-refractivity contribution >= 4 is 46.7 Å². The number of amides is 1. The van der Waals surface area contributed by atoms with E-state index in [0.29, 0.717) is 46.7 Å². The van der Waals surface area contributed by atoms with Gasteiger partial charge in [-0.25, -0.2) is 4.79 Å². The molecule has 2 aromatic heterocycles. The summed E-state index contributed by atoms with van der Waals surface area (Å²) >= 11 is 19.2. The van der Waals surface area contributed by atoms with Crippen LogP contribution in [0.15, 0.2) is 103 Å². The molecule has 0 bridgehead atoms. The van der Waals surface area contributed by atoms with Crippen molar-refractivity contribution < 1.29 is 23.8 Å². The van der Waals surface area contributed by atoms with E-state index in [1.807, 2.05) is 81.4 Å². The lowest BCUT2D eigenvalue weighted by molar-refractivity contribution is -0.146. The van der Waals surface area contributed by atoms with Crippen LogP contribution in [0.2, 0.25) is 15.1 Å². The van der Waals surface area contributed by atoms with Gasteiger partial charge in [0.25, 0.3) is 0 Å². The predicted octanol–water partition coefficient (Wildman–Crippen LogP) is 10.2. The number of esters is 1. The molecule has 0 saturated heterocycles. The molecule has 324 valence electrons. The van der Waals surface area contributed by atoms with Crippen LogP contribution in [0, 0.1) is 13.8 Å². The fraction of sp³-hybridized carbons (Fsp3) is 0.300. The van der Waals surface area contributed by atoms with E-state index in [2.05, 4.69) is 49.7 Å². The molecule has 6 aromatic rings. The number of nitrogens with one attached hydrogen (secondary N) is 1. The molecule has 4 heterocycles. The summed E-state index contributed by atoms with van der Waals surface area (Å²) < 4.78 is 17.9. The molecule has 4 atom stereocenters. The van der Waals surface area contributed by atoms with Gasteiger partial charge in [0.2, 0.25) is 5.91 Å². The number of halogens is 3. The Morgan fingerprint density at radius 2 is 1.71 bits per heavy atom. The molecule has 0 aliphatic carbocycles. The van der Waals surface area contributed by atoms with Crippen LogP contribution in [0.25, 0.3) is 11.1 Å². The number of benzene rings is 4. The van der Waals surface area contributed by atoms with Gasteiger partial charge in [-0.2, -0.15) is 10.2 Å². The fourth-order valence-corrected chi connectivity index (χ4v) is 9.11. The molecule has 13 heteroatoms. The second-order valence-corrected chi connectivity index (χ2v) is 17.5.